The molecule has 24 heavy (non-hydrogen) atoms. The van der Waals surface area contributed by atoms with Crippen LogP contribution < -0.4 is 5.56 Å². The molecule has 3 rings (SSSR count). The highest BCUT2D eigenvalue weighted by Crippen LogP contribution is 2.29. The highest BCUT2D eigenvalue weighted by molar-refractivity contribution is 7.20. The second-order valence-corrected chi connectivity index (χ2v) is 6.99. The summed E-state index contributed by atoms with van der Waals surface area (Å²) in [6.07, 6.45) is 2.67. The standard InChI is InChI=1S/C16H19N3O4S/c1-9-11-13(17-8-18(2)14(11)20)24-12(9)15(21)19-6-4-10(5-7-19)16(22)23-3/h8,10H,4-7H2,1-3H3. The van der Waals surface area contributed by atoms with Crippen LogP contribution in [0.25, 0.3) is 10.2 Å². The van der Waals surface area contributed by atoms with E-state index in [0.29, 0.717) is 46.6 Å². The summed E-state index contributed by atoms with van der Waals surface area (Å²) in [5, 5.41) is 0.512. The van der Waals surface area contributed by atoms with Crippen molar-refractivity contribution in [2.45, 2.75) is 19.8 Å². The van der Waals surface area contributed by atoms with Gasteiger partial charge in [0.2, 0.25) is 0 Å². The first kappa shape index (κ1) is 16.6. The average Bonchev–Trinajstić information content (AvgIpc) is 2.94. The number of piperidine rings is 1. The van der Waals surface area contributed by atoms with Gasteiger partial charge in [0.1, 0.15) is 4.83 Å². The monoisotopic (exact) mass is 349 g/mol. The highest BCUT2D eigenvalue weighted by atomic mass is 32.1. The van der Waals surface area contributed by atoms with Crippen LogP contribution in [-0.2, 0) is 16.6 Å². The first-order valence-electron chi connectivity index (χ1n) is 7.76. The Kier molecular flexibility index (Phi) is 4.40. The zero-order valence-corrected chi connectivity index (χ0v) is 14.7. The number of thiophene rings is 1. The molecule has 1 saturated heterocycles. The quantitative estimate of drug-likeness (QED) is 0.764. The van der Waals surface area contributed by atoms with E-state index in [1.54, 1.807) is 18.9 Å². The molecule has 1 aliphatic heterocycles. The summed E-state index contributed by atoms with van der Waals surface area (Å²) < 4.78 is 6.18. The lowest BCUT2D eigenvalue weighted by atomic mass is 9.97. The Morgan fingerprint density at radius 3 is 2.62 bits per heavy atom. The van der Waals surface area contributed by atoms with Crippen molar-refractivity contribution >= 4 is 33.4 Å². The second kappa shape index (κ2) is 6.35. The Morgan fingerprint density at radius 2 is 2.00 bits per heavy atom. The van der Waals surface area contributed by atoms with Crippen molar-refractivity contribution < 1.29 is 14.3 Å². The van der Waals surface area contributed by atoms with Crippen molar-refractivity contribution in [1.29, 1.82) is 0 Å². The van der Waals surface area contributed by atoms with Gasteiger partial charge in [-0.25, -0.2) is 4.98 Å². The lowest BCUT2D eigenvalue weighted by Gasteiger charge is -2.30. The molecule has 1 amide bonds. The maximum Gasteiger partial charge on any atom is 0.308 e. The number of fused-ring (bicyclic) bond motifs is 1. The molecule has 8 heteroatoms. The molecule has 7 nitrogen and oxygen atoms in total. The van der Waals surface area contributed by atoms with E-state index in [1.165, 1.54) is 29.3 Å². The van der Waals surface area contributed by atoms with Gasteiger partial charge in [-0.1, -0.05) is 0 Å². The van der Waals surface area contributed by atoms with Crippen molar-refractivity contribution in [3.05, 3.63) is 27.1 Å². The molecular formula is C16H19N3O4S. The van der Waals surface area contributed by atoms with Crippen molar-refractivity contribution in [1.82, 2.24) is 14.5 Å². The summed E-state index contributed by atoms with van der Waals surface area (Å²) in [5.74, 6) is -0.453. The van der Waals surface area contributed by atoms with Crippen LogP contribution in [0.2, 0.25) is 0 Å². The third-order valence-corrected chi connectivity index (χ3v) is 5.71. The largest absolute Gasteiger partial charge is 0.469 e. The fourth-order valence-corrected chi connectivity index (χ4v) is 4.15. The van der Waals surface area contributed by atoms with E-state index in [9.17, 15) is 14.4 Å². The van der Waals surface area contributed by atoms with Crippen LogP contribution in [0.15, 0.2) is 11.1 Å². The SMILES string of the molecule is COC(=O)C1CCN(C(=O)c2sc3ncn(C)c(=O)c3c2C)CC1. The molecule has 1 aliphatic rings. The van der Waals surface area contributed by atoms with E-state index in [4.69, 9.17) is 4.74 Å². The van der Waals surface area contributed by atoms with E-state index >= 15 is 0 Å². The minimum atomic E-state index is -0.215. The molecule has 0 atom stereocenters. The zero-order chi connectivity index (χ0) is 17.4. The molecule has 0 radical (unpaired) electrons. The lowest BCUT2D eigenvalue weighted by Crippen LogP contribution is -2.40. The number of likely N-dealkylation sites (tertiary alicyclic amines) is 1. The van der Waals surface area contributed by atoms with Crippen molar-refractivity contribution in [3.8, 4) is 0 Å². The number of aromatic nitrogens is 2. The Balaban J connectivity index is 1.85. The second-order valence-electron chi connectivity index (χ2n) is 5.99. The van der Waals surface area contributed by atoms with E-state index in [1.807, 2.05) is 0 Å². The summed E-state index contributed by atoms with van der Waals surface area (Å²) in [6.45, 7) is 2.81. The Labute approximate surface area is 142 Å². The van der Waals surface area contributed by atoms with Gasteiger partial charge in [0, 0.05) is 20.1 Å². The molecule has 0 N–H and O–H groups in total. The van der Waals surface area contributed by atoms with Gasteiger partial charge >= 0.3 is 5.97 Å². The van der Waals surface area contributed by atoms with Gasteiger partial charge < -0.3 is 14.2 Å². The van der Waals surface area contributed by atoms with Gasteiger partial charge in [0.05, 0.1) is 29.6 Å². The number of carbonyl (C=O) groups excluding carboxylic acids is 2. The maximum atomic E-state index is 12.8. The van der Waals surface area contributed by atoms with E-state index in [2.05, 4.69) is 4.98 Å². The molecule has 1 fully saturated rings. The predicted octanol–water partition coefficient (Wildman–Crippen LogP) is 1.33. The van der Waals surface area contributed by atoms with Crippen molar-refractivity contribution in [3.63, 3.8) is 0 Å². The number of hydrogen-bond acceptors (Lipinski definition) is 6. The fourth-order valence-electron chi connectivity index (χ4n) is 3.04. The fraction of sp³-hybridized carbons (Fsp3) is 0.500. The summed E-state index contributed by atoms with van der Waals surface area (Å²) in [4.78, 5) is 43.8. The number of methoxy groups -OCH3 is 1. The molecular weight excluding hydrogens is 330 g/mol. The zero-order valence-electron chi connectivity index (χ0n) is 13.9. The summed E-state index contributed by atoms with van der Waals surface area (Å²) in [5.41, 5.74) is 0.543. The first-order valence-corrected chi connectivity index (χ1v) is 8.57. The van der Waals surface area contributed by atoms with Crippen LogP contribution in [0, 0.1) is 12.8 Å². The van der Waals surface area contributed by atoms with Crippen LogP contribution in [0.3, 0.4) is 0 Å². The number of hydrogen-bond donors (Lipinski definition) is 0. The van der Waals surface area contributed by atoms with Gasteiger partial charge in [-0.05, 0) is 25.3 Å². The number of amides is 1. The smallest absolute Gasteiger partial charge is 0.308 e. The average molecular weight is 349 g/mol. The summed E-state index contributed by atoms with van der Waals surface area (Å²) in [6, 6.07) is 0. The number of nitrogens with zero attached hydrogens (tertiary/aromatic N) is 3. The predicted molar refractivity (Wildman–Crippen MR) is 90.2 cm³/mol. The van der Waals surface area contributed by atoms with Crippen LogP contribution >= 0.6 is 11.3 Å². The number of aryl methyl sites for hydroxylation is 2. The Morgan fingerprint density at radius 1 is 1.33 bits per heavy atom. The third-order valence-electron chi connectivity index (χ3n) is 4.52. The molecule has 0 spiro atoms. The molecule has 2 aromatic rings. The molecule has 128 valence electrons. The third kappa shape index (κ3) is 2.71. The van der Waals surface area contributed by atoms with Gasteiger partial charge in [0.25, 0.3) is 11.5 Å². The van der Waals surface area contributed by atoms with Gasteiger partial charge in [-0.15, -0.1) is 11.3 Å². The van der Waals surface area contributed by atoms with Gasteiger partial charge in [-0.3, -0.25) is 14.4 Å². The topological polar surface area (TPSA) is 81.5 Å². The molecule has 3 heterocycles. The van der Waals surface area contributed by atoms with E-state index in [-0.39, 0.29) is 23.4 Å². The Hall–Kier alpha value is -2.22. The maximum absolute atomic E-state index is 12.8. The Bertz CT molecular complexity index is 862. The van der Waals surface area contributed by atoms with Crippen LogP contribution in [0.4, 0.5) is 0 Å². The number of rotatable bonds is 2. The van der Waals surface area contributed by atoms with Crippen LogP contribution in [-0.4, -0.2) is 46.5 Å². The van der Waals surface area contributed by atoms with E-state index in [0.717, 1.165) is 0 Å². The van der Waals surface area contributed by atoms with Crippen LogP contribution in [0.1, 0.15) is 28.1 Å². The molecule has 0 unspecified atom stereocenters. The van der Waals surface area contributed by atoms with Crippen molar-refractivity contribution in [2.24, 2.45) is 13.0 Å². The molecule has 2 aromatic heterocycles. The number of ether oxygens (including phenoxy) is 1. The summed E-state index contributed by atoms with van der Waals surface area (Å²) >= 11 is 1.25. The normalized spacial score (nSPS) is 15.7. The molecule has 0 saturated carbocycles. The minimum Gasteiger partial charge on any atom is -0.469 e. The van der Waals surface area contributed by atoms with Gasteiger partial charge in [-0.2, -0.15) is 0 Å². The first-order chi connectivity index (χ1) is 11.4. The van der Waals surface area contributed by atoms with Crippen LogP contribution in [0.5, 0.6) is 0 Å². The summed E-state index contributed by atoms with van der Waals surface area (Å²) in [7, 11) is 3.03. The van der Waals surface area contributed by atoms with Crippen molar-refractivity contribution in [2.75, 3.05) is 20.2 Å². The lowest BCUT2D eigenvalue weighted by molar-refractivity contribution is -0.146. The number of carbonyl (C=O) groups is 2. The van der Waals surface area contributed by atoms with E-state index < -0.39 is 0 Å². The van der Waals surface area contributed by atoms with Gasteiger partial charge in [0.15, 0.2) is 0 Å². The minimum absolute atomic E-state index is 0.0964. The molecule has 0 bridgehead atoms. The molecule has 0 aliphatic carbocycles. The highest BCUT2D eigenvalue weighted by Gasteiger charge is 2.30. The molecule has 0 aromatic carbocycles. The number of esters is 1.